The van der Waals surface area contributed by atoms with E-state index in [0.717, 1.165) is 10.6 Å². The summed E-state index contributed by atoms with van der Waals surface area (Å²) in [5.41, 5.74) is 1.04. The van der Waals surface area contributed by atoms with Crippen molar-refractivity contribution in [2.75, 3.05) is 39.0 Å². The zero-order chi connectivity index (χ0) is 21.6. The average molecular weight is 455 g/mol. The Hall–Kier alpha value is -1.70. The van der Waals surface area contributed by atoms with Gasteiger partial charge in [-0.1, -0.05) is 6.07 Å². The molecule has 2 aliphatic rings. The molecule has 1 aromatic rings. The van der Waals surface area contributed by atoms with Crippen LogP contribution >= 0.6 is 0 Å². The summed E-state index contributed by atoms with van der Waals surface area (Å²) in [5, 5.41) is 0. The van der Waals surface area contributed by atoms with E-state index in [1.165, 1.54) is 16.4 Å². The second-order valence-corrected chi connectivity index (χ2v) is 10.9. The standard InChI is InChI=1S/C16H20F3N3O5S2/c1-28(24,25)21-6-8-22(9-7-21)29(26,27)14-3-2-12-4-5-20(11-13(12)10-14)15(23)16(17,18)19/h2-3,10H,4-9,11H2,1H3. The number of hydrogen-bond donors (Lipinski definition) is 0. The van der Waals surface area contributed by atoms with Crippen molar-refractivity contribution in [3.8, 4) is 0 Å². The quantitative estimate of drug-likeness (QED) is 0.658. The largest absolute Gasteiger partial charge is 0.471 e. The molecule has 2 aliphatic heterocycles. The van der Waals surface area contributed by atoms with E-state index in [4.69, 9.17) is 0 Å². The summed E-state index contributed by atoms with van der Waals surface area (Å²) in [6.07, 6.45) is -3.74. The summed E-state index contributed by atoms with van der Waals surface area (Å²) in [6, 6.07) is 4.23. The minimum atomic E-state index is -4.99. The van der Waals surface area contributed by atoms with Crippen LogP contribution in [-0.4, -0.2) is 81.4 Å². The van der Waals surface area contributed by atoms with Crippen LogP contribution in [0, 0.1) is 0 Å². The molecule has 2 heterocycles. The van der Waals surface area contributed by atoms with E-state index in [2.05, 4.69) is 0 Å². The van der Waals surface area contributed by atoms with E-state index in [9.17, 15) is 34.8 Å². The van der Waals surface area contributed by atoms with E-state index in [1.54, 1.807) is 6.07 Å². The third kappa shape index (κ3) is 4.57. The number of rotatable bonds is 3. The number of carbonyl (C=O) groups is 1. The van der Waals surface area contributed by atoms with Gasteiger partial charge in [0.25, 0.3) is 0 Å². The second kappa shape index (κ2) is 7.52. The fourth-order valence-electron chi connectivity index (χ4n) is 3.44. The lowest BCUT2D eigenvalue weighted by Crippen LogP contribution is -2.50. The molecule has 0 N–H and O–H groups in total. The van der Waals surface area contributed by atoms with Crippen molar-refractivity contribution in [3.05, 3.63) is 29.3 Å². The molecule has 0 spiro atoms. The summed E-state index contributed by atoms with van der Waals surface area (Å²) in [5.74, 6) is -1.95. The Morgan fingerprint density at radius 1 is 0.931 bits per heavy atom. The monoisotopic (exact) mass is 455 g/mol. The Balaban J connectivity index is 1.80. The number of nitrogens with zero attached hydrogens (tertiary/aromatic N) is 3. The summed E-state index contributed by atoms with van der Waals surface area (Å²) < 4.78 is 89.4. The minimum Gasteiger partial charge on any atom is -0.330 e. The van der Waals surface area contributed by atoms with Crippen LogP contribution in [-0.2, 0) is 37.8 Å². The van der Waals surface area contributed by atoms with Gasteiger partial charge in [-0.2, -0.15) is 21.8 Å². The number of sulfonamides is 2. The highest BCUT2D eigenvalue weighted by Crippen LogP contribution is 2.28. The van der Waals surface area contributed by atoms with Gasteiger partial charge >= 0.3 is 12.1 Å². The Kier molecular flexibility index (Phi) is 5.71. The van der Waals surface area contributed by atoms with Crippen molar-refractivity contribution in [2.45, 2.75) is 24.0 Å². The van der Waals surface area contributed by atoms with Crippen molar-refractivity contribution in [1.82, 2.24) is 13.5 Å². The van der Waals surface area contributed by atoms with Gasteiger partial charge in [-0.15, -0.1) is 0 Å². The lowest BCUT2D eigenvalue weighted by molar-refractivity contribution is -0.186. The third-order valence-corrected chi connectivity index (χ3v) is 8.22. The molecule has 162 valence electrons. The van der Waals surface area contributed by atoms with Gasteiger partial charge in [-0.05, 0) is 29.7 Å². The maximum Gasteiger partial charge on any atom is 0.471 e. The molecule has 3 rings (SSSR count). The maximum absolute atomic E-state index is 12.9. The van der Waals surface area contributed by atoms with Crippen molar-refractivity contribution in [1.29, 1.82) is 0 Å². The molecule has 1 fully saturated rings. The number of alkyl halides is 3. The molecule has 0 aromatic heterocycles. The van der Waals surface area contributed by atoms with Crippen LogP contribution in [0.3, 0.4) is 0 Å². The van der Waals surface area contributed by atoms with Gasteiger partial charge in [0.15, 0.2) is 0 Å². The predicted molar refractivity (Wildman–Crippen MR) is 96.8 cm³/mol. The third-order valence-electron chi connectivity index (χ3n) is 5.02. The van der Waals surface area contributed by atoms with E-state index < -0.39 is 32.1 Å². The van der Waals surface area contributed by atoms with Crippen LogP contribution in [0.2, 0.25) is 0 Å². The van der Waals surface area contributed by atoms with E-state index in [1.807, 2.05) is 0 Å². The summed E-state index contributed by atoms with van der Waals surface area (Å²) in [6.45, 7) is -0.409. The molecule has 0 saturated carbocycles. The Labute approximate surface area is 167 Å². The van der Waals surface area contributed by atoms with Crippen LogP contribution in [0.4, 0.5) is 13.2 Å². The van der Waals surface area contributed by atoms with Crippen molar-refractivity contribution >= 4 is 26.0 Å². The molecule has 0 bridgehead atoms. The first kappa shape index (κ1) is 22.0. The highest BCUT2D eigenvalue weighted by molar-refractivity contribution is 7.89. The van der Waals surface area contributed by atoms with Crippen LogP contribution in [0.15, 0.2) is 23.1 Å². The average Bonchev–Trinajstić information content (AvgIpc) is 2.65. The Morgan fingerprint density at radius 3 is 2.07 bits per heavy atom. The van der Waals surface area contributed by atoms with Crippen molar-refractivity contribution < 1.29 is 34.8 Å². The SMILES string of the molecule is CS(=O)(=O)N1CCN(S(=O)(=O)c2ccc3c(c2)CN(C(=O)C(F)(F)F)CC3)CC1. The zero-order valence-electron chi connectivity index (χ0n) is 15.5. The molecular weight excluding hydrogens is 435 g/mol. The summed E-state index contributed by atoms with van der Waals surface area (Å²) in [7, 11) is -7.36. The van der Waals surface area contributed by atoms with Crippen LogP contribution in [0.5, 0.6) is 0 Å². The zero-order valence-corrected chi connectivity index (χ0v) is 17.1. The molecule has 0 radical (unpaired) electrons. The number of fused-ring (bicyclic) bond motifs is 1. The minimum absolute atomic E-state index is 0.0226. The van der Waals surface area contributed by atoms with Gasteiger partial charge in [0.1, 0.15) is 0 Å². The fraction of sp³-hybridized carbons (Fsp3) is 0.562. The first-order valence-electron chi connectivity index (χ1n) is 8.73. The van der Waals surface area contributed by atoms with Gasteiger partial charge in [-0.25, -0.2) is 16.8 Å². The topological polar surface area (TPSA) is 95.1 Å². The number of benzene rings is 1. The molecule has 0 aliphatic carbocycles. The van der Waals surface area contributed by atoms with Gasteiger partial charge in [-0.3, -0.25) is 4.79 Å². The Morgan fingerprint density at radius 2 is 1.52 bits per heavy atom. The van der Waals surface area contributed by atoms with Crippen molar-refractivity contribution in [3.63, 3.8) is 0 Å². The normalized spacial score (nSPS) is 19.8. The Bertz CT molecular complexity index is 1020. The molecule has 1 amide bonds. The van der Waals surface area contributed by atoms with E-state index in [-0.39, 0.29) is 50.6 Å². The van der Waals surface area contributed by atoms with Crippen LogP contribution < -0.4 is 0 Å². The number of hydrogen-bond acceptors (Lipinski definition) is 5. The highest BCUT2D eigenvalue weighted by Gasteiger charge is 2.43. The van der Waals surface area contributed by atoms with E-state index >= 15 is 0 Å². The lowest BCUT2D eigenvalue weighted by atomic mass is 10.00. The first-order valence-corrected chi connectivity index (χ1v) is 12.0. The molecule has 8 nitrogen and oxygen atoms in total. The van der Waals surface area contributed by atoms with Gasteiger partial charge in [0, 0.05) is 39.3 Å². The second-order valence-electron chi connectivity index (χ2n) is 6.97. The number of carbonyl (C=O) groups excluding carboxylic acids is 1. The fourth-order valence-corrected chi connectivity index (χ4v) is 5.74. The van der Waals surface area contributed by atoms with E-state index in [0.29, 0.717) is 16.0 Å². The van der Waals surface area contributed by atoms with Crippen LogP contribution in [0.25, 0.3) is 0 Å². The predicted octanol–water partition coefficient (Wildman–Crippen LogP) is 0.400. The van der Waals surface area contributed by atoms with Crippen molar-refractivity contribution in [2.24, 2.45) is 0 Å². The van der Waals surface area contributed by atoms with Gasteiger partial charge in [0.2, 0.25) is 20.0 Å². The number of halogens is 3. The molecule has 1 saturated heterocycles. The molecule has 1 aromatic carbocycles. The maximum atomic E-state index is 12.9. The summed E-state index contributed by atoms with van der Waals surface area (Å²) in [4.78, 5) is 12.1. The molecule has 29 heavy (non-hydrogen) atoms. The van der Waals surface area contributed by atoms with Gasteiger partial charge in [0.05, 0.1) is 11.2 Å². The molecular formula is C16H20F3N3O5S2. The highest BCUT2D eigenvalue weighted by atomic mass is 32.2. The molecule has 0 atom stereocenters. The van der Waals surface area contributed by atoms with Gasteiger partial charge < -0.3 is 4.90 Å². The lowest BCUT2D eigenvalue weighted by Gasteiger charge is -2.33. The molecule has 13 heteroatoms. The number of amides is 1. The van der Waals surface area contributed by atoms with Crippen LogP contribution in [0.1, 0.15) is 11.1 Å². The first-order chi connectivity index (χ1) is 13.3. The summed E-state index contributed by atoms with van der Waals surface area (Å²) >= 11 is 0. The molecule has 0 unspecified atom stereocenters. The number of piperazine rings is 1. The smallest absolute Gasteiger partial charge is 0.330 e.